The Balaban J connectivity index is 1.52. The highest BCUT2D eigenvalue weighted by molar-refractivity contribution is 5.95. The zero-order chi connectivity index (χ0) is 21.7. The Hall–Kier alpha value is -3.07. The van der Waals surface area contributed by atoms with Crippen LogP contribution in [0.4, 0.5) is 24.5 Å². The van der Waals surface area contributed by atoms with Crippen LogP contribution in [0.15, 0.2) is 48.5 Å². The van der Waals surface area contributed by atoms with E-state index in [4.69, 9.17) is 0 Å². The highest BCUT2D eigenvalue weighted by atomic mass is 19.4. The van der Waals surface area contributed by atoms with E-state index in [9.17, 15) is 22.8 Å². The summed E-state index contributed by atoms with van der Waals surface area (Å²) in [5, 5.41) is 2.75. The van der Waals surface area contributed by atoms with Gasteiger partial charge in [0, 0.05) is 37.6 Å². The topological polar surface area (TPSA) is 61.9 Å². The van der Waals surface area contributed by atoms with Crippen molar-refractivity contribution in [2.75, 3.05) is 50.1 Å². The normalized spacial score (nSPS) is 15.0. The highest BCUT2D eigenvalue weighted by Gasteiger charge is 2.31. The van der Waals surface area contributed by atoms with E-state index >= 15 is 0 Å². The first kappa shape index (κ1) is 21.6. The molecule has 0 radical (unpaired) electrons. The molecule has 1 aliphatic rings. The zero-order valence-corrected chi connectivity index (χ0v) is 16.4. The van der Waals surface area contributed by atoms with Gasteiger partial charge in [0.25, 0.3) is 0 Å². The fourth-order valence-electron chi connectivity index (χ4n) is 3.29. The van der Waals surface area contributed by atoms with Crippen LogP contribution in [0.25, 0.3) is 0 Å². The lowest BCUT2D eigenvalue weighted by Gasteiger charge is -2.36. The molecule has 0 aliphatic carbocycles. The van der Waals surface area contributed by atoms with Gasteiger partial charge in [0.15, 0.2) is 0 Å². The molecule has 0 atom stereocenters. The molecule has 1 aliphatic heterocycles. The van der Waals surface area contributed by atoms with E-state index in [-0.39, 0.29) is 12.5 Å². The number of alkyl halides is 3. The molecular formula is C21H22F3N3O3. The smallest absolute Gasteiger partial charge is 0.416 e. The Morgan fingerprint density at radius 1 is 1.03 bits per heavy atom. The van der Waals surface area contributed by atoms with Gasteiger partial charge in [-0.2, -0.15) is 13.2 Å². The van der Waals surface area contributed by atoms with Gasteiger partial charge in [-0.25, -0.2) is 4.79 Å². The lowest BCUT2D eigenvalue weighted by molar-refractivity contribution is -0.137. The fourth-order valence-corrected chi connectivity index (χ4v) is 3.29. The maximum absolute atomic E-state index is 12.9. The largest absolute Gasteiger partial charge is 0.465 e. The number of ether oxygens (including phenoxy) is 1. The van der Waals surface area contributed by atoms with Gasteiger partial charge >= 0.3 is 12.1 Å². The molecule has 3 rings (SSSR count). The number of piperazine rings is 1. The zero-order valence-electron chi connectivity index (χ0n) is 16.4. The molecule has 0 bridgehead atoms. The van der Waals surface area contributed by atoms with Crippen LogP contribution in [0.2, 0.25) is 0 Å². The van der Waals surface area contributed by atoms with Crippen molar-refractivity contribution in [1.29, 1.82) is 0 Å². The van der Waals surface area contributed by atoms with Crippen LogP contribution >= 0.6 is 0 Å². The van der Waals surface area contributed by atoms with Crippen LogP contribution < -0.4 is 10.2 Å². The lowest BCUT2D eigenvalue weighted by Crippen LogP contribution is -2.48. The Morgan fingerprint density at radius 2 is 1.73 bits per heavy atom. The minimum atomic E-state index is -4.37. The van der Waals surface area contributed by atoms with Gasteiger partial charge in [0.05, 0.1) is 24.8 Å². The van der Waals surface area contributed by atoms with Gasteiger partial charge in [-0.15, -0.1) is 0 Å². The molecule has 1 amide bonds. The van der Waals surface area contributed by atoms with Crippen LogP contribution in [-0.4, -0.2) is 56.6 Å². The number of nitrogens with one attached hydrogen (secondary N) is 1. The lowest BCUT2D eigenvalue weighted by atomic mass is 10.1. The number of nitrogens with zero attached hydrogens (tertiary/aromatic N) is 2. The third-order valence-electron chi connectivity index (χ3n) is 4.85. The summed E-state index contributed by atoms with van der Waals surface area (Å²) in [4.78, 5) is 27.7. The number of carbonyl (C=O) groups excluding carboxylic acids is 2. The fraction of sp³-hybridized carbons (Fsp3) is 0.333. The molecule has 2 aromatic rings. The Kier molecular flexibility index (Phi) is 6.61. The Morgan fingerprint density at radius 3 is 2.40 bits per heavy atom. The van der Waals surface area contributed by atoms with Crippen molar-refractivity contribution in [2.24, 2.45) is 0 Å². The van der Waals surface area contributed by atoms with Crippen LogP contribution in [-0.2, 0) is 15.7 Å². The first-order valence-electron chi connectivity index (χ1n) is 9.39. The molecule has 1 saturated heterocycles. The number of benzene rings is 2. The number of esters is 1. The molecule has 0 aromatic heterocycles. The second-order valence-corrected chi connectivity index (χ2v) is 6.93. The Bertz CT molecular complexity index is 910. The highest BCUT2D eigenvalue weighted by Crippen LogP contribution is 2.31. The number of carbonyl (C=O) groups is 2. The first-order chi connectivity index (χ1) is 14.3. The van der Waals surface area contributed by atoms with Crippen molar-refractivity contribution in [3.05, 3.63) is 59.7 Å². The molecule has 6 nitrogen and oxygen atoms in total. The summed E-state index contributed by atoms with van der Waals surface area (Å²) in [5.41, 5.74) is 0.681. The average Bonchev–Trinajstić information content (AvgIpc) is 2.73. The SMILES string of the molecule is COC(=O)c1cccc(NC(=O)CN2CCN(c3cccc(C(F)(F)F)c3)CC2)c1. The van der Waals surface area contributed by atoms with E-state index in [1.807, 2.05) is 9.80 Å². The number of hydrogen-bond donors (Lipinski definition) is 1. The predicted octanol–water partition coefficient (Wildman–Crippen LogP) is 3.25. The number of rotatable bonds is 5. The van der Waals surface area contributed by atoms with Gasteiger partial charge in [0.2, 0.25) is 5.91 Å². The molecule has 0 unspecified atom stereocenters. The third-order valence-corrected chi connectivity index (χ3v) is 4.85. The van der Waals surface area contributed by atoms with Gasteiger partial charge in [-0.05, 0) is 36.4 Å². The molecule has 0 saturated carbocycles. The molecule has 2 aromatic carbocycles. The van der Waals surface area contributed by atoms with Gasteiger partial charge in [-0.3, -0.25) is 9.69 Å². The van der Waals surface area contributed by atoms with Crippen LogP contribution in [0.3, 0.4) is 0 Å². The molecule has 30 heavy (non-hydrogen) atoms. The summed E-state index contributed by atoms with van der Waals surface area (Å²) in [5.74, 6) is -0.721. The summed E-state index contributed by atoms with van der Waals surface area (Å²) in [6, 6.07) is 11.7. The summed E-state index contributed by atoms with van der Waals surface area (Å²) in [6.45, 7) is 2.29. The molecule has 1 fully saturated rings. The number of halogens is 3. The predicted molar refractivity (Wildman–Crippen MR) is 107 cm³/mol. The van der Waals surface area contributed by atoms with Crippen molar-refractivity contribution in [1.82, 2.24) is 4.90 Å². The van der Waals surface area contributed by atoms with Crippen LogP contribution in [0, 0.1) is 0 Å². The summed E-state index contributed by atoms with van der Waals surface area (Å²) in [7, 11) is 1.28. The molecule has 1 N–H and O–H groups in total. The molecule has 1 heterocycles. The van der Waals surface area contributed by atoms with E-state index < -0.39 is 17.7 Å². The number of methoxy groups -OCH3 is 1. The maximum atomic E-state index is 12.9. The van der Waals surface area contributed by atoms with E-state index in [0.29, 0.717) is 43.1 Å². The van der Waals surface area contributed by atoms with E-state index in [2.05, 4.69) is 10.1 Å². The number of anilines is 2. The first-order valence-corrected chi connectivity index (χ1v) is 9.39. The van der Waals surface area contributed by atoms with Crippen molar-refractivity contribution < 1.29 is 27.5 Å². The van der Waals surface area contributed by atoms with E-state index in [1.54, 1.807) is 24.3 Å². The van der Waals surface area contributed by atoms with Crippen molar-refractivity contribution in [2.45, 2.75) is 6.18 Å². The van der Waals surface area contributed by atoms with Crippen molar-refractivity contribution in [3.63, 3.8) is 0 Å². The van der Waals surface area contributed by atoms with E-state index in [1.165, 1.54) is 19.2 Å². The monoisotopic (exact) mass is 421 g/mol. The average molecular weight is 421 g/mol. The molecule has 160 valence electrons. The van der Waals surface area contributed by atoms with Crippen molar-refractivity contribution in [3.8, 4) is 0 Å². The summed E-state index contributed by atoms with van der Waals surface area (Å²) < 4.78 is 43.4. The molecule has 9 heteroatoms. The van der Waals surface area contributed by atoms with Gasteiger partial charge in [-0.1, -0.05) is 12.1 Å². The minimum absolute atomic E-state index is 0.152. The summed E-state index contributed by atoms with van der Waals surface area (Å²) >= 11 is 0. The standard InChI is InChI=1S/C21H22F3N3O3/c1-30-20(29)15-4-2-6-17(12-15)25-19(28)14-26-8-10-27(11-9-26)18-7-3-5-16(13-18)21(22,23)24/h2-7,12-13H,8-11,14H2,1H3,(H,25,28). The van der Waals surface area contributed by atoms with Gasteiger partial charge < -0.3 is 15.0 Å². The number of hydrogen-bond acceptors (Lipinski definition) is 5. The minimum Gasteiger partial charge on any atom is -0.465 e. The molecule has 0 spiro atoms. The number of amides is 1. The van der Waals surface area contributed by atoms with E-state index in [0.717, 1.165) is 12.1 Å². The van der Waals surface area contributed by atoms with Crippen molar-refractivity contribution >= 4 is 23.3 Å². The van der Waals surface area contributed by atoms with Crippen LogP contribution in [0.1, 0.15) is 15.9 Å². The molecular weight excluding hydrogens is 399 g/mol. The second kappa shape index (κ2) is 9.17. The summed E-state index contributed by atoms with van der Waals surface area (Å²) in [6.07, 6.45) is -4.37. The maximum Gasteiger partial charge on any atom is 0.416 e. The quantitative estimate of drug-likeness (QED) is 0.751. The third kappa shape index (κ3) is 5.50. The second-order valence-electron chi connectivity index (χ2n) is 6.93. The Labute approximate surface area is 172 Å². The van der Waals surface area contributed by atoms with Crippen LogP contribution in [0.5, 0.6) is 0 Å². The van der Waals surface area contributed by atoms with Gasteiger partial charge in [0.1, 0.15) is 0 Å².